The van der Waals surface area contributed by atoms with Crippen molar-refractivity contribution in [3.63, 3.8) is 0 Å². The predicted molar refractivity (Wildman–Crippen MR) is 78.4 cm³/mol. The van der Waals surface area contributed by atoms with Crippen molar-refractivity contribution in [2.45, 2.75) is 52.3 Å². The third-order valence-corrected chi connectivity index (χ3v) is 3.29. The number of nitrogens with zero attached hydrogens (tertiary/aromatic N) is 2. The van der Waals surface area contributed by atoms with Gasteiger partial charge in [0.05, 0.1) is 17.6 Å². The first-order chi connectivity index (χ1) is 9.31. The van der Waals surface area contributed by atoms with Crippen LogP contribution >= 0.6 is 0 Å². The molecular formula is C15H23N3O2. The number of hydrogen-bond donors (Lipinski definition) is 1. The molecule has 0 aliphatic heterocycles. The van der Waals surface area contributed by atoms with Gasteiger partial charge in [0.1, 0.15) is 5.60 Å². The van der Waals surface area contributed by atoms with Crippen LogP contribution in [0.4, 0.5) is 10.5 Å². The molecule has 2 N–H and O–H groups in total. The van der Waals surface area contributed by atoms with E-state index in [9.17, 15) is 4.79 Å². The van der Waals surface area contributed by atoms with Crippen molar-refractivity contribution in [3.05, 3.63) is 24.0 Å². The Kier molecular flexibility index (Phi) is 3.99. The Labute approximate surface area is 120 Å². The number of amides is 1. The van der Waals surface area contributed by atoms with Crippen LogP contribution in [0.1, 0.15) is 39.8 Å². The average molecular weight is 277 g/mol. The summed E-state index contributed by atoms with van der Waals surface area (Å²) in [6.07, 6.45) is 2.38. The lowest BCUT2D eigenvalue weighted by molar-refractivity contribution is 0.0576. The van der Waals surface area contributed by atoms with E-state index in [2.05, 4.69) is 11.9 Å². The number of carbonyl (C=O) groups excluding carboxylic acids is 1. The Bertz CT molecular complexity index is 479. The molecule has 2 unspecified atom stereocenters. The molecule has 1 heterocycles. The lowest BCUT2D eigenvalue weighted by atomic mass is 10.2. The van der Waals surface area contributed by atoms with Gasteiger partial charge in [-0.2, -0.15) is 0 Å². The normalized spacial score (nSPS) is 21.4. The van der Waals surface area contributed by atoms with Gasteiger partial charge in [-0.15, -0.1) is 0 Å². The third-order valence-electron chi connectivity index (χ3n) is 3.29. The minimum absolute atomic E-state index is 0.204. The van der Waals surface area contributed by atoms with Crippen molar-refractivity contribution < 1.29 is 9.53 Å². The molecule has 0 spiro atoms. The largest absolute Gasteiger partial charge is 0.443 e. The van der Waals surface area contributed by atoms with Crippen LogP contribution in [0, 0.1) is 5.92 Å². The van der Waals surface area contributed by atoms with E-state index in [0.29, 0.717) is 12.5 Å². The standard InChI is InChI=1S/C15H23N3O2/c1-10-7-13(10)18(14(19)20-15(2,3)4)12-6-5-11(8-16)17-9-12/h5-6,9-10,13H,7-8,16H2,1-4H3. The predicted octanol–water partition coefficient (Wildman–Crippen LogP) is 2.69. The van der Waals surface area contributed by atoms with Gasteiger partial charge in [0.2, 0.25) is 0 Å². The molecule has 0 radical (unpaired) electrons. The molecule has 20 heavy (non-hydrogen) atoms. The topological polar surface area (TPSA) is 68.5 Å². The molecule has 0 saturated heterocycles. The van der Waals surface area contributed by atoms with Crippen LogP contribution in [-0.4, -0.2) is 22.7 Å². The molecule has 1 saturated carbocycles. The molecule has 2 rings (SSSR count). The van der Waals surface area contributed by atoms with Gasteiger partial charge in [-0.3, -0.25) is 9.88 Å². The number of anilines is 1. The van der Waals surface area contributed by atoms with Gasteiger partial charge in [-0.1, -0.05) is 6.92 Å². The van der Waals surface area contributed by atoms with Gasteiger partial charge in [0.15, 0.2) is 0 Å². The first-order valence-corrected chi connectivity index (χ1v) is 6.99. The molecule has 110 valence electrons. The summed E-state index contributed by atoms with van der Waals surface area (Å²) in [5.74, 6) is 0.497. The fourth-order valence-electron chi connectivity index (χ4n) is 2.09. The summed E-state index contributed by atoms with van der Waals surface area (Å²) >= 11 is 0. The minimum atomic E-state index is -0.502. The lowest BCUT2D eigenvalue weighted by Crippen LogP contribution is -2.39. The second-order valence-electron chi connectivity index (χ2n) is 6.34. The van der Waals surface area contributed by atoms with Crippen LogP contribution < -0.4 is 10.6 Å². The summed E-state index contributed by atoms with van der Waals surface area (Å²) in [6, 6.07) is 3.93. The Balaban J connectivity index is 2.21. The molecule has 0 bridgehead atoms. The van der Waals surface area contributed by atoms with E-state index in [1.165, 1.54) is 0 Å². The van der Waals surface area contributed by atoms with E-state index in [-0.39, 0.29) is 12.1 Å². The molecule has 1 aromatic heterocycles. The summed E-state index contributed by atoms with van der Waals surface area (Å²) in [4.78, 5) is 18.4. The van der Waals surface area contributed by atoms with Gasteiger partial charge in [-0.25, -0.2) is 4.79 Å². The number of hydrogen-bond acceptors (Lipinski definition) is 4. The Morgan fingerprint density at radius 2 is 2.15 bits per heavy atom. The van der Waals surface area contributed by atoms with E-state index in [4.69, 9.17) is 10.5 Å². The highest BCUT2D eigenvalue weighted by atomic mass is 16.6. The smallest absolute Gasteiger partial charge is 0.415 e. The molecule has 1 aromatic rings. The second-order valence-corrected chi connectivity index (χ2v) is 6.34. The fraction of sp³-hybridized carbons (Fsp3) is 0.600. The fourth-order valence-corrected chi connectivity index (χ4v) is 2.09. The van der Waals surface area contributed by atoms with Gasteiger partial charge in [0, 0.05) is 12.6 Å². The van der Waals surface area contributed by atoms with Crippen LogP contribution in [0.5, 0.6) is 0 Å². The van der Waals surface area contributed by atoms with E-state index in [0.717, 1.165) is 17.8 Å². The zero-order chi connectivity index (χ0) is 14.9. The maximum Gasteiger partial charge on any atom is 0.415 e. The molecule has 0 aromatic carbocycles. The van der Waals surface area contributed by atoms with Gasteiger partial charge in [0.25, 0.3) is 0 Å². The second kappa shape index (κ2) is 5.40. The first-order valence-electron chi connectivity index (χ1n) is 6.99. The van der Waals surface area contributed by atoms with Gasteiger partial charge in [-0.05, 0) is 45.2 Å². The van der Waals surface area contributed by atoms with E-state index in [1.54, 1.807) is 11.1 Å². The quantitative estimate of drug-likeness (QED) is 0.922. The average Bonchev–Trinajstić information content (AvgIpc) is 3.05. The van der Waals surface area contributed by atoms with Crippen LogP contribution in [-0.2, 0) is 11.3 Å². The Morgan fingerprint density at radius 1 is 1.50 bits per heavy atom. The van der Waals surface area contributed by atoms with Crippen LogP contribution in [0.2, 0.25) is 0 Å². The number of rotatable bonds is 3. The van der Waals surface area contributed by atoms with Crippen molar-refractivity contribution in [3.8, 4) is 0 Å². The number of pyridine rings is 1. The first kappa shape index (κ1) is 14.8. The van der Waals surface area contributed by atoms with Crippen LogP contribution in [0.15, 0.2) is 18.3 Å². The lowest BCUT2D eigenvalue weighted by Gasteiger charge is -2.27. The molecule has 1 fully saturated rings. The summed E-state index contributed by atoms with van der Waals surface area (Å²) in [7, 11) is 0. The molecular weight excluding hydrogens is 254 g/mol. The Morgan fingerprint density at radius 3 is 2.55 bits per heavy atom. The number of aromatic nitrogens is 1. The van der Waals surface area contributed by atoms with Crippen molar-refractivity contribution in [1.82, 2.24) is 4.98 Å². The van der Waals surface area contributed by atoms with Gasteiger partial charge < -0.3 is 10.5 Å². The molecule has 5 nitrogen and oxygen atoms in total. The molecule has 5 heteroatoms. The number of ether oxygens (including phenoxy) is 1. The summed E-state index contributed by atoms with van der Waals surface area (Å²) in [5, 5.41) is 0. The van der Waals surface area contributed by atoms with Crippen molar-refractivity contribution >= 4 is 11.8 Å². The molecule has 1 amide bonds. The highest BCUT2D eigenvalue weighted by molar-refractivity contribution is 5.89. The molecule has 1 aliphatic carbocycles. The van der Waals surface area contributed by atoms with E-state index in [1.807, 2.05) is 32.9 Å². The minimum Gasteiger partial charge on any atom is -0.443 e. The maximum atomic E-state index is 12.4. The van der Waals surface area contributed by atoms with E-state index >= 15 is 0 Å². The highest BCUT2D eigenvalue weighted by Crippen LogP contribution is 2.38. The maximum absolute atomic E-state index is 12.4. The number of carbonyl (C=O) groups is 1. The van der Waals surface area contributed by atoms with Crippen LogP contribution in [0.3, 0.4) is 0 Å². The summed E-state index contributed by atoms with van der Waals surface area (Å²) < 4.78 is 5.49. The molecule has 1 aliphatic rings. The Hall–Kier alpha value is -1.62. The van der Waals surface area contributed by atoms with Crippen LogP contribution in [0.25, 0.3) is 0 Å². The molecule has 2 atom stereocenters. The summed E-state index contributed by atoms with van der Waals surface area (Å²) in [6.45, 7) is 8.13. The summed E-state index contributed by atoms with van der Waals surface area (Å²) in [5.41, 5.74) is 6.62. The zero-order valence-electron chi connectivity index (χ0n) is 12.6. The van der Waals surface area contributed by atoms with Crippen molar-refractivity contribution in [1.29, 1.82) is 0 Å². The van der Waals surface area contributed by atoms with Crippen molar-refractivity contribution in [2.75, 3.05) is 4.90 Å². The number of nitrogens with two attached hydrogens (primary N) is 1. The van der Waals surface area contributed by atoms with Gasteiger partial charge >= 0.3 is 6.09 Å². The third kappa shape index (κ3) is 3.48. The highest BCUT2D eigenvalue weighted by Gasteiger charge is 2.43. The zero-order valence-corrected chi connectivity index (χ0v) is 12.6. The van der Waals surface area contributed by atoms with Crippen molar-refractivity contribution in [2.24, 2.45) is 11.7 Å². The monoisotopic (exact) mass is 277 g/mol. The SMILES string of the molecule is CC1CC1N(C(=O)OC(C)(C)C)c1ccc(CN)nc1. The van der Waals surface area contributed by atoms with E-state index < -0.39 is 5.60 Å².